The number of piperidine rings is 1. The molecular weight excluding hydrogens is 254 g/mol. The summed E-state index contributed by atoms with van der Waals surface area (Å²) < 4.78 is 5.14. The predicted molar refractivity (Wildman–Crippen MR) is 78.6 cm³/mol. The van der Waals surface area contributed by atoms with E-state index in [1.54, 1.807) is 12.0 Å². The van der Waals surface area contributed by atoms with Gasteiger partial charge >= 0.3 is 6.03 Å². The molecule has 5 nitrogen and oxygen atoms in total. The fourth-order valence-electron chi connectivity index (χ4n) is 2.62. The number of urea groups is 1. The van der Waals surface area contributed by atoms with E-state index in [1.165, 1.54) is 0 Å². The van der Waals surface area contributed by atoms with Crippen molar-refractivity contribution in [3.8, 4) is 5.75 Å². The second-order valence-corrected chi connectivity index (χ2v) is 5.35. The Labute approximate surface area is 120 Å². The van der Waals surface area contributed by atoms with Gasteiger partial charge in [-0.05, 0) is 50.7 Å². The fraction of sp³-hybridized carbons (Fsp3) is 0.533. The van der Waals surface area contributed by atoms with Crippen LogP contribution < -0.4 is 10.5 Å². The van der Waals surface area contributed by atoms with Gasteiger partial charge in [-0.25, -0.2) is 4.79 Å². The monoisotopic (exact) mass is 277 g/mol. The lowest BCUT2D eigenvalue weighted by atomic mass is 10.0. The molecule has 20 heavy (non-hydrogen) atoms. The van der Waals surface area contributed by atoms with Crippen molar-refractivity contribution in [1.29, 1.82) is 0 Å². The van der Waals surface area contributed by atoms with E-state index in [-0.39, 0.29) is 12.1 Å². The summed E-state index contributed by atoms with van der Waals surface area (Å²) in [7, 11) is 3.75. The van der Waals surface area contributed by atoms with E-state index in [1.807, 2.05) is 24.3 Å². The average Bonchev–Trinajstić information content (AvgIpc) is 2.46. The first-order valence-corrected chi connectivity index (χ1v) is 6.97. The number of carbonyl (C=O) groups is 1. The van der Waals surface area contributed by atoms with Crippen molar-refractivity contribution in [1.82, 2.24) is 9.80 Å². The highest BCUT2D eigenvalue weighted by Gasteiger charge is 2.25. The van der Waals surface area contributed by atoms with Crippen molar-refractivity contribution in [2.45, 2.75) is 25.4 Å². The number of likely N-dealkylation sites (tertiary alicyclic amines) is 1. The summed E-state index contributed by atoms with van der Waals surface area (Å²) in [6.07, 6.45) is 1.96. The third kappa shape index (κ3) is 3.63. The Morgan fingerprint density at radius 1 is 1.35 bits per heavy atom. The third-order valence-corrected chi connectivity index (χ3v) is 3.92. The topological polar surface area (TPSA) is 58.8 Å². The van der Waals surface area contributed by atoms with Gasteiger partial charge in [0.25, 0.3) is 0 Å². The molecule has 2 rings (SSSR count). The lowest BCUT2D eigenvalue weighted by Gasteiger charge is -2.36. The zero-order valence-corrected chi connectivity index (χ0v) is 12.2. The molecule has 110 valence electrons. The van der Waals surface area contributed by atoms with Crippen molar-refractivity contribution in [2.24, 2.45) is 5.73 Å². The minimum absolute atomic E-state index is 0.241. The van der Waals surface area contributed by atoms with Crippen LogP contribution in [0.3, 0.4) is 0 Å². The highest BCUT2D eigenvalue weighted by atomic mass is 16.5. The first-order valence-electron chi connectivity index (χ1n) is 6.97. The van der Waals surface area contributed by atoms with Gasteiger partial charge in [0.05, 0.1) is 7.11 Å². The molecule has 0 saturated carbocycles. The molecule has 0 radical (unpaired) electrons. The van der Waals surface area contributed by atoms with E-state index in [4.69, 9.17) is 10.5 Å². The molecule has 1 heterocycles. The molecule has 1 aromatic rings. The van der Waals surface area contributed by atoms with Crippen molar-refractivity contribution >= 4 is 6.03 Å². The Balaban J connectivity index is 2.03. The molecule has 0 atom stereocenters. The second kappa shape index (κ2) is 6.61. The van der Waals surface area contributed by atoms with E-state index >= 15 is 0 Å². The maximum atomic E-state index is 11.7. The van der Waals surface area contributed by atoms with E-state index in [0.29, 0.717) is 6.54 Å². The Morgan fingerprint density at radius 2 is 1.95 bits per heavy atom. The molecule has 0 bridgehead atoms. The molecule has 2 amide bonds. The number of amides is 2. The number of nitrogens with two attached hydrogens (primary N) is 1. The summed E-state index contributed by atoms with van der Waals surface area (Å²) in [6.45, 7) is 2.59. The van der Waals surface area contributed by atoms with Crippen LogP contribution in [0.15, 0.2) is 24.3 Å². The molecule has 1 aliphatic heterocycles. The van der Waals surface area contributed by atoms with Crippen LogP contribution >= 0.6 is 0 Å². The summed E-state index contributed by atoms with van der Waals surface area (Å²) in [6, 6.07) is 7.67. The standard InChI is InChI=1S/C15H23N3O2/c1-17-9-7-13(8-10-17)18(15(16)19)11-12-3-5-14(20-2)6-4-12/h3-6,13H,7-11H2,1-2H3,(H2,16,19). The molecular formula is C15H23N3O2. The quantitative estimate of drug-likeness (QED) is 0.910. The van der Waals surface area contributed by atoms with Crippen LogP contribution in [0.5, 0.6) is 5.75 Å². The van der Waals surface area contributed by atoms with Crippen LogP contribution in [0.4, 0.5) is 4.79 Å². The maximum absolute atomic E-state index is 11.7. The molecule has 1 fully saturated rings. The van der Waals surface area contributed by atoms with E-state index < -0.39 is 0 Å². The van der Waals surface area contributed by atoms with Gasteiger partial charge in [0, 0.05) is 12.6 Å². The number of hydrogen-bond acceptors (Lipinski definition) is 3. The van der Waals surface area contributed by atoms with Gasteiger partial charge in [0.15, 0.2) is 0 Å². The Bertz CT molecular complexity index is 439. The summed E-state index contributed by atoms with van der Waals surface area (Å²) in [4.78, 5) is 15.8. The fourth-order valence-corrected chi connectivity index (χ4v) is 2.62. The van der Waals surface area contributed by atoms with Gasteiger partial charge in [-0.3, -0.25) is 0 Å². The van der Waals surface area contributed by atoms with Crippen molar-refractivity contribution in [3.63, 3.8) is 0 Å². The van der Waals surface area contributed by atoms with E-state index in [0.717, 1.165) is 37.2 Å². The average molecular weight is 277 g/mol. The second-order valence-electron chi connectivity index (χ2n) is 5.35. The van der Waals surface area contributed by atoms with Gasteiger partial charge in [-0.1, -0.05) is 12.1 Å². The van der Waals surface area contributed by atoms with Crippen molar-refractivity contribution in [3.05, 3.63) is 29.8 Å². The third-order valence-electron chi connectivity index (χ3n) is 3.92. The summed E-state index contributed by atoms with van der Waals surface area (Å²) >= 11 is 0. The molecule has 0 spiro atoms. The lowest BCUT2D eigenvalue weighted by Crippen LogP contribution is -2.48. The highest BCUT2D eigenvalue weighted by Crippen LogP contribution is 2.19. The van der Waals surface area contributed by atoms with Gasteiger partial charge in [0.2, 0.25) is 0 Å². The Morgan fingerprint density at radius 3 is 2.45 bits per heavy atom. The predicted octanol–water partition coefficient (Wildman–Crippen LogP) is 1.67. The number of benzene rings is 1. The molecule has 2 N–H and O–H groups in total. The smallest absolute Gasteiger partial charge is 0.315 e. The van der Waals surface area contributed by atoms with Crippen LogP contribution in [0.2, 0.25) is 0 Å². The van der Waals surface area contributed by atoms with Gasteiger partial charge < -0.3 is 20.3 Å². The highest BCUT2D eigenvalue weighted by molar-refractivity contribution is 5.72. The number of primary amides is 1. The van der Waals surface area contributed by atoms with Crippen molar-refractivity contribution < 1.29 is 9.53 Å². The number of nitrogens with zero attached hydrogens (tertiary/aromatic N) is 2. The molecule has 0 aliphatic carbocycles. The van der Waals surface area contributed by atoms with Gasteiger partial charge in [0.1, 0.15) is 5.75 Å². The first kappa shape index (κ1) is 14.7. The number of ether oxygens (including phenoxy) is 1. The number of rotatable bonds is 4. The Hall–Kier alpha value is -1.75. The molecule has 0 aromatic heterocycles. The zero-order chi connectivity index (χ0) is 14.5. The van der Waals surface area contributed by atoms with Crippen LogP contribution in [0.25, 0.3) is 0 Å². The number of methoxy groups -OCH3 is 1. The number of hydrogen-bond donors (Lipinski definition) is 1. The van der Waals surface area contributed by atoms with Gasteiger partial charge in [-0.15, -0.1) is 0 Å². The Kier molecular flexibility index (Phi) is 4.84. The van der Waals surface area contributed by atoms with Crippen LogP contribution in [-0.2, 0) is 6.54 Å². The zero-order valence-electron chi connectivity index (χ0n) is 12.2. The molecule has 1 aliphatic rings. The van der Waals surface area contributed by atoms with E-state index in [9.17, 15) is 4.79 Å². The van der Waals surface area contributed by atoms with Gasteiger partial charge in [-0.2, -0.15) is 0 Å². The lowest BCUT2D eigenvalue weighted by molar-refractivity contribution is 0.133. The summed E-state index contributed by atoms with van der Waals surface area (Å²) in [5.41, 5.74) is 6.63. The molecule has 1 aromatic carbocycles. The summed E-state index contributed by atoms with van der Waals surface area (Å²) in [5.74, 6) is 0.818. The van der Waals surface area contributed by atoms with Crippen LogP contribution in [0.1, 0.15) is 18.4 Å². The van der Waals surface area contributed by atoms with Crippen LogP contribution in [-0.4, -0.2) is 49.1 Å². The molecule has 5 heteroatoms. The minimum atomic E-state index is -0.338. The van der Waals surface area contributed by atoms with Crippen LogP contribution in [0, 0.1) is 0 Å². The largest absolute Gasteiger partial charge is 0.497 e. The maximum Gasteiger partial charge on any atom is 0.315 e. The van der Waals surface area contributed by atoms with Crippen molar-refractivity contribution in [2.75, 3.05) is 27.2 Å². The SMILES string of the molecule is COc1ccc(CN(C(N)=O)C2CCN(C)CC2)cc1. The van der Waals surface area contributed by atoms with E-state index in [2.05, 4.69) is 11.9 Å². The summed E-state index contributed by atoms with van der Waals surface area (Å²) in [5, 5.41) is 0. The number of carbonyl (C=O) groups excluding carboxylic acids is 1. The molecule has 0 unspecified atom stereocenters. The normalized spacial score (nSPS) is 16.9. The minimum Gasteiger partial charge on any atom is -0.497 e. The molecule has 1 saturated heterocycles. The first-order chi connectivity index (χ1) is 9.60.